The fraction of sp³-hybridized carbons (Fsp3) is 0.364. The minimum Gasteiger partial charge on any atom is -0.482 e. The highest BCUT2D eigenvalue weighted by Crippen LogP contribution is 2.33. The van der Waals surface area contributed by atoms with E-state index in [4.69, 9.17) is 9.47 Å². The Labute approximate surface area is 165 Å². The zero-order chi connectivity index (χ0) is 20.4. The number of carbonyl (C=O) groups is 2. The van der Waals surface area contributed by atoms with Crippen molar-refractivity contribution in [2.24, 2.45) is 0 Å². The van der Waals surface area contributed by atoms with Crippen molar-refractivity contribution in [2.75, 3.05) is 18.9 Å². The minimum atomic E-state index is -0.796. The van der Waals surface area contributed by atoms with Gasteiger partial charge in [0.05, 0.1) is 6.54 Å². The molecule has 148 valence electrons. The van der Waals surface area contributed by atoms with Crippen molar-refractivity contribution in [3.63, 3.8) is 0 Å². The van der Waals surface area contributed by atoms with E-state index < -0.39 is 12.2 Å². The van der Waals surface area contributed by atoms with Crippen LogP contribution in [0.5, 0.6) is 11.5 Å². The van der Waals surface area contributed by atoms with E-state index >= 15 is 0 Å². The largest absolute Gasteiger partial charge is 0.482 e. The molecule has 0 spiro atoms. The van der Waals surface area contributed by atoms with Crippen LogP contribution in [0.3, 0.4) is 0 Å². The summed E-state index contributed by atoms with van der Waals surface area (Å²) in [6, 6.07) is 11.3. The summed E-state index contributed by atoms with van der Waals surface area (Å²) in [7, 11) is 1.59. The number of anilines is 1. The summed E-state index contributed by atoms with van der Waals surface area (Å²) in [4.78, 5) is 26.7. The molecule has 2 amide bonds. The topological polar surface area (TPSA) is 67.9 Å². The van der Waals surface area contributed by atoms with Crippen LogP contribution in [0.15, 0.2) is 36.4 Å². The van der Waals surface area contributed by atoms with Gasteiger partial charge in [0, 0.05) is 12.7 Å². The fourth-order valence-electron chi connectivity index (χ4n) is 3.46. The number of hydrogen-bond donors (Lipinski definition) is 1. The number of nitrogens with one attached hydrogen (secondary N) is 1. The van der Waals surface area contributed by atoms with Crippen LogP contribution in [-0.2, 0) is 9.59 Å². The summed E-state index contributed by atoms with van der Waals surface area (Å²) in [5.74, 6) is 0.595. The summed E-state index contributed by atoms with van der Waals surface area (Å²) in [6.07, 6.45) is -1.25. The highest BCUT2D eigenvalue weighted by atomic mass is 16.6. The quantitative estimate of drug-likeness (QED) is 0.882. The lowest BCUT2D eigenvalue weighted by molar-refractivity contribution is -0.144. The standard InChI is InChI=1S/C22H26N2O4/c1-13-10-14(2)20(15(3)11-13)23-19(25)12-24(5)22(26)21-16(4)27-17-8-6-7-9-18(17)28-21/h6-11,16,21H,12H2,1-5H3,(H,23,25). The molecule has 0 aromatic heterocycles. The molecule has 6 nitrogen and oxygen atoms in total. The second-order valence-corrected chi connectivity index (χ2v) is 7.32. The highest BCUT2D eigenvalue weighted by molar-refractivity contribution is 5.96. The highest BCUT2D eigenvalue weighted by Gasteiger charge is 2.36. The lowest BCUT2D eigenvalue weighted by atomic mass is 10.1. The summed E-state index contributed by atoms with van der Waals surface area (Å²) in [6.45, 7) is 7.64. The molecule has 2 aromatic rings. The molecule has 1 heterocycles. The lowest BCUT2D eigenvalue weighted by Crippen LogP contribution is -2.51. The van der Waals surface area contributed by atoms with Crippen molar-refractivity contribution in [1.29, 1.82) is 0 Å². The number of likely N-dealkylation sites (N-methyl/N-ethyl adjacent to an activating group) is 1. The molecular formula is C22H26N2O4. The van der Waals surface area contributed by atoms with Crippen molar-refractivity contribution in [3.05, 3.63) is 53.1 Å². The third kappa shape index (κ3) is 4.11. The van der Waals surface area contributed by atoms with Gasteiger partial charge >= 0.3 is 0 Å². The molecule has 3 rings (SSSR count). The summed E-state index contributed by atoms with van der Waals surface area (Å²) >= 11 is 0. The number of benzene rings is 2. The summed E-state index contributed by atoms with van der Waals surface area (Å²) < 4.78 is 11.6. The number of aryl methyl sites for hydroxylation is 3. The van der Waals surface area contributed by atoms with Gasteiger partial charge in [0.1, 0.15) is 6.10 Å². The Morgan fingerprint density at radius 1 is 1.04 bits per heavy atom. The number of fused-ring (bicyclic) bond motifs is 1. The molecule has 0 bridgehead atoms. The van der Waals surface area contributed by atoms with Gasteiger partial charge in [-0.05, 0) is 51.0 Å². The molecule has 1 aliphatic rings. The Kier molecular flexibility index (Phi) is 5.58. The lowest BCUT2D eigenvalue weighted by Gasteiger charge is -2.33. The van der Waals surface area contributed by atoms with Gasteiger partial charge in [-0.1, -0.05) is 29.8 Å². The molecule has 1 N–H and O–H groups in total. The number of rotatable bonds is 4. The van der Waals surface area contributed by atoms with E-state index in [9.17, 15) is 9.59 Å². The van der Waals surface area contributed by atoms with Crippen LogP contribution in [-0.4, -0.2) is 42.5 Å². The van der Waals surface area contributed by atoms with E-state index in [0.717, 1.165) is 22.4 Å². The normalized spacial score (nSPS) is 17.8. The second-order valence-electron chi connectivity index (χ2n) is 7.32. The Balaban J connectivity index is 1.65. The van der Waals surface area contributed by atoms with E-state index in [1.807, 2.05) is 45.0 Å². The molecule has 0 aliphatic carbocycles. The van der Waals surface area contributed by atoms with Crippen molar-refractivity contribution >= 4 is 17.5 Å². The molecule has 6 heteroatoms. The molecule has 2 aromatic carbocycles. The van der Waals surface area contributed by atoms with Crippen LogP contribution in [0, 0.1) is 20.8 Å². The SMILES string of the molecule is Cc1cc(C)c(NC(=O)CN(C)C(=O)C2Oc3ccccc3OC2C)c(C)c1. The van der Waals surface area contributed by atoms with Crippen molar-refractivity contribution in [2.45, 2.75) is 39.9 Å². The molecule has 0 saturated heterocycles. The van der Waals surface area contributed by atoms with Gasteiger partial charge in [-0.25, -0.2) is 0 Å². The van der Waals surface area contributed by atoms with E-state index in [-0.39, 0.29) is 18.4 Å². The summed E-state index contributed by atoms with van der Waals surface area (Å²) in [5.41, 5.74) is 3.92. The van der Waals surface area contributed by atoms with Gasteiger partial charge < -0.3 is 19.7 Å². The first kappa shape index (κ1) is 19.7. The maximum Gasteiger partial charge on any atom is 0.267 e. The molecule has 0 fully saturated rings. The molecule has 0 saturated carbocycles. The molecule has 2 atom stereocenters. The van der Waals surface area contributed by atoms with Gasteiger partial charge in [0.15, 0.2) is 11.5 Å². The molecular weight excluding hydrogens is 356 g/mol. The van der Waals surface area contributed by atoms with E-state index in [1.54, 1.807) is 26.1 Å². The van der Waals surface area contributed by atoms with E-state index in [2.05, 4.69) is 5.32 Å². The maximum atomic E-state index is 12.8. The Hall–Kier alpha value is -3.02. The number of hydrogen-bond acceptors (Lipinski definition) is 4. The second kappa shape index (κ2) is 7.92. The van der Waals surface area contributed by atoms with Crippen molar-refractivity contribution in [1.82, 2.24) is 4.90 Å². The Morgan fingerprint density at radius 3 is 2.21 bits per heavy atom. The zero-order valence-corrected chi connectivity index (χ0v) is 16.9. The fourth-order valence-corrected chi connectivity index (χ4v) is 3.46. The third-order valence-corrected chi connectivity index (χ3v) is 4.78. The monoisotopic (exact) mass is 382 g/mol. The van der Waals surface area contributed by atoms with Crippen LogP contribution in [0.1, 0.15) is 23.6 Å². The van der Waals surface area contributed by atoms with Crippen molar-refractivity contribution in [3.8, 4) is 11.5 Å². The molecule has 28 heavy (non-hydrogen) atoms. The first-order valence-corrected chi connectivity index (χ1v) is 9.31. The van der Waals surface area contributed by atoms with Crippen LogP contribution in [0.25, 0.3) is 0 Å². The Bertz CT molecular complexity index is 886. The van der Waals surface area contributed by atoms with Gasteiger partial charge in [0.2, 0.25) is 12.0 Å². The Morgan fingerprint density at radius 2 is 1.61 bits per heavy atom. The third-order valence-electron chi connectivity index (χ3n) is 4.78. The van der Waals surface area contributed by atoms with Gasteiger partial charge in [-0.3, -0.25) is 9.59 Å². The number of nitrogens with zero attached hydrogens (tertiary/aromatic N) is 1. The summed E-state index contributed by atoms with van der Waals surface area (Å²) in [5, 5.41) is 2.92. The first-order chi connectivity index (χ1) is 13.3. The smallest absolute Gasteiger partial charge is 0.267 e. The van der Waals surface area contributed by atoms with Gasteiger partial charge in [-0.2, -0.15) is 0 Å². The molecule has 1 aliphatic heterocycles. The number of ether oxygens (including phenoxy) is 2. The first-order valence-electron chi connectivity index (χ1n) is 9.31. The zero-order valence-electron chi connectivity index (χ0n) is 16.9. The predicted molar refractivity (Wildman–Crippen MR) is 108 cm³/mol. The van der Waals surface area contributed by atoms with Crippen LogP contribution in [0.4, 0.5) is 5.69 Å². The van der Waals surface area contributed by atoms with Crippen molar-refractivity contribution < 1.29 is 19.1 Å². The van der Waals surface area contributed by atoms with Crippen LogP contribution < -0.4 is 14.8 Å². The number of carbonyl (C=O) groups excluding carboxylic acids is 2. The average Bonchev–Trinajstić information content (AvgIpc) is 2.63. The van der Waals surface area contributed by atoms with Gasteiger partial charge in [-0.15, -0.1) is 0 Å². The predicted octanol–water partition coefficient (Wildman–Crippen LogP) is 3.24. The van der Waals surface area contributed by atoms with Crippen LogP contribution >= 0.6 is 0 Å². The number of amides is 2. The average molecular weight is 382 g/mol. The van der Waals surface area contributed by atoms with Gasteiger partial charge in [0.25, 0.3) is 5.91 Å². The van der Waals surface area contributed by atoms with Crippen LogP contribution in [0.2, 0.25) is 0 Å². The van der Waals surface area contributed by atoms with E-state index in [1.165, 1.54) is 4.90 Å². The van der Waals surface area contributed by atoms with E-state index in [0.29, 0.717) is 11.5 Å². The molecule has 2 unspecified atom stereocenters. The maximum absolute atomic E-state index is 12.8. The minimum absolute atomic E-state index is 0.0696. The molecule has 0 radical (unpaired) electrons. The number of para-hydroxylation sites is 2.